The number of nitrogens with two attached hydrogens (primary N) is 2. The molecule has 0 atom stereocenters. The number of nitro groups is 2. The Labute approximate surface area is 281 Å². The first-order valence-electron chi connectivity index (χ1n) is 15.0. The minimum absolute atomic E-state index is 0.0430. The molecule has 0 saturated heterocycles. The van der Waals surface area contributed by atoms with E-state index in [4.69, 9.17) is 11.5 Å². The fourth-order valence-electron chi connectivity index (χ4n) is 3.34. The summed E-state index contributed by atoms with van der Waals surface area (Å²) in [6.07, 6.45) is 6.46. The number of rotatable bonds is 7. The largest absolute Gasteiger partial charge is 0.466 e. The lowest BCUT2D eigenvalue weighted by Gasteiger charge is -2.08. The van der Waals surface area contributed by atoms with Crippen molar-refractivity contribution in [2.24, 2.45) is 5.73 Å². The smallest absolute Gasteiger partial charge is 0.307 e. The lowest BCUT2D eigenvalue weighted by Crippen LogP contribution is -2.05. The van der Waals surface area contributed by atoms with Crippen LogP contribution in [-0.4, -0.2) is 40.5 Å². The van der Waals surface area contributed by atoms with Crippen molar-refractivity contribution in [3.8, 4) is 0 Å². The number of hydrogen-bond acceptors (Lipinski definition) is 10. The molecule has 19 heteroatoms. The highest BCUT2D eigenvalue weighted by molar-refractivity contribution is 5.67. The van der Waals surface area contributed by atoms with E-state index in [2.05, 4.69) is 15.4 Å². The summed E-state index contributed by atoms with van der Waals surface area (Å²) in [7, 11) is 0. The van der Waals surface area contributed by atoms with Crippen LogP contribution in [-0.2, 0) is 9.53 Å². The van der Waals surface area contributed by atoms with Gasteiger partial charge >= 0.3 is 11.7 Å². The summed E-state index contributed by atoms with van der Waals surface area (Å²) < 4.78 is 92.3. The van der Waals surface area contributed by atoms with Gasteiger partial charge in [-0.1, -0.05) is 0 Å². The van der Waals surface area contributed by atoms with Gasteiger partial charge in [-0.25, -0.2) is 26.3 Å². The molecule has 3 aliphatic carbocycles. The summed E-state index contributed by atoms with van der Waals surface area (Å²) in [5, 5.41) is 26.3. The predicted octanol–water partition coefficient (Wildman–Crippen LogP) is 7.26. The van der Waals surface area contributed by atoms with Crippen molar-refractivity contribution in [2.45, 2.75) is 70.5 Å². The highest BCUT2D eigenvalue weighted by Crippen LogP contribution is 2.32. The molecule has 3 saturated carbocycles. The minimum Gasteiger partial charge on any atom is -0.466 e. The fourth-order valence-corrected chi connectivity index (χ4v) is 3.34. The van der Waals surface area contributed by atoms with Gasteiger partial charge in [-0.2, -0.15) is 4.39 Å². The van der Waals surface area contributed by atoms with Gasteiger partial charge < -0.3 is 26.8 Å². The topological polar surface area (TPSA) is 189 Å². The molecule has 0 radical (unpaired) electrons. The van der Waals surface area contributed by atoms with Gasteiger partial charge in [0, 0.05) is 49.3 Å². The third-order valence-electron chi connectivity index (χ3n) is 6.36. The Morgan fingerprint density at radius 2 is 1.08 bits per heavy atom. The first-order chi connectivity index (χ1) is 23.4. The predicted molar refractivity (Wildman–Crippen MR) is 170 cm³/mol. The van der Waals surface area contributed by atoms with E-state index in [1.165, 1.54) is 19.8 Å². The summed E-state index contributed by atoms with van der Waals surface area (Å²) in [4.78, 5) is 28.5. The van der Waals surface area contributed by atoms with Crippen LogP contribution < -0.4 is 22.1 Å². The zero-order valence-corrected chi connectivity index (χ0v) is 26.8. The number of nitro benzene ring substituents is 2. The molecule has 12 nitrogen and oxygen atoms in total. The molecular weight excluding hydrogens is 685 g/mol. The number of carbonyl (C=O) groups excluding carboxylic acids is 1. The second-order valence-electron chi connectivity index (χ2n) is 11.0. The van der Waals surface area contributed by atoms with Crippen molar-refractivity contribution in [2.75, 3.05) is 23.0 Å². The Morgan fingerprint density at radius 1 is 0.700 bits per heavy atom. The van der Waals surface area contributed by atoms with Gasteiger partial charge in [-0.05, 0) is 45.4 Å². The van der Waals surface area contributed by atoms with Gasteiger partial charge in [0.1, 0.15) is 5.69 Å². The maximum Gasteiger partial charge on any atom is 0.307 e. The van der Waals surface area contributed by atoms with E-state index in [0.717, 1.165) is 43.9 Å². The number of benzene rings is 3. The van der Waals surface area contributed by atoms with Gasteiger partial charge in [0.2, 0.25) is 5.82 Å². The minimum atomic E-state index is -1.45. The number of nitrogens with one attached hydrogen (secondary N) is 2. The highest BCUT2D eigenvalue weighted by atomic mass is 19.2. The lowest BCUT2D eigenvalue weighted by molar-refractivity contribution is -0.387. The maximum absolute atomic E-state index is 12.9. The molecule has 0 amide bonds. The van der Waals surface area contributed by atoms with Crippen molar-refractivity contribution < 1.29 is 50.1 Å². The first kappa shape index (κ1) is 41.0. The van der Waals surface area contributed by atoms with E-state index < -0.39 is 61.9 Å². The van der Waals surface area contributed by atoms with Gasteiger partial charge in [-0.15, -0.1) is 0 Å². The number of ether oxygens (including phenoxy) is 1. The Balaban J connectivity index is 0.000000230. The molecule has 3 aromatic carbocycles. The molecule has 0 aliphatic heterocycles. The summed E-state index contributed by atoms with van der Waals surface area (Å²) in [6.45, 7) is 3.65. The third kappa shape index (κ3) is 14.9. The van der Waals surface area contributed by atoms with E-state index in [0.29, 0.717) is 30.4 Å². The zero-order chi connectivity index (χ0) is 37.7. The van der Waals surface area contributed by atoms with Gasteiger partial charge in [0.25, 0.3) is 5.69 Å². The van der Waals surface area contributed by atoms with Crippen LogP contribution in [0.3, 0.4) is 0 Å². The molecule has 6 N–H and O–H groups in total. The Kier molecular flexibility index (Phi) is 15.7. The Bertz CT molecular complexity index is 1660. The van der Waals surface area contributed by atoms with E-state index >= 15 is 0 Å². The normalized spacial score (nSPS) is 14.0. The van der Waals surface area contributed by atoms with E-state index in [1.54, 1.807) is 6.92 Å². The van der Waals surface area contributed by atoms with Crippen LogP contribution >= 0.6 is 0 Å². The van der Waals surface area contributed by atoms with Crippen LogP contribution in [0.5, 0.6) is 0 Å². The molecule has 0 unspecified atom stereocenters. The monoisotopic (exact) mass is 720 g/mol. The molecule has 3 aromatic rings. The maximum atomic E-state index is 12.9. The standard InChI is InChI=1S/C9H8F2N2O2.C9H10F2N2.C6H2F3NO2.C4H8O2.C3H7N/c10-6-3-8(12-5-1-2-5)9(13(14)15)4-7(6)11;10-6-3-8(12)9(4-7(6)11)13-5-1-2-5;7-3-1-5(9)6(10(11)12)2-4(3)8;1-3-6-4(2)5;4-3-1-2-3/h3-5,12H,1-2H2;3-5,13H,1-2,12H2;1-2H;3H2,1-2H3;3H,1-2,4H2. The molecule has 0 bridgehead atoms. The van der Waals surface area contributed by atoms with Gasteiger partial charge in [-0.3, -0.25) is 25.0 Å². The van der Waals surface area contributed by atoms with Crippen LogP contribution in [0.15, 0.2) is 36.4 Å². The van der Waals surface area contributed by atoms with Crippen LogP contribution in [0, 0.1) is 60.9 Å². The summed E-state index contributed by atoms with van der Waals surface area (Å²) in [5.41, 5.74) is 10.0. The van der Waals surface area contributed by atoms with Crippen LogP contribution in [0.4, 0.5) is 59.2 Å². The van der Waals surface area contributed by atoms with Crippen molar-refractivity contribution in [3.05, 3.63) is 97.3 Å². The van der Waals surface area contributed by atoms with Crippen LogP contribution in [0.25, 0.3) is 0 Å². The number of esters is 1. The zero-order valence-electron chi connectivity index (χ0n) is 26.8. The Hall–Kier alpha value is -5.20. The average molecular weight is 721 g/mol. The molecule has 50 heavy (non-hydrogen) atoms. The number of carbonyl (C=O) groups is 1. The quantitative estimate of drug-likeness (QED) is 0.0483. The highest BCUT2D eigenvalue weighted by Gasteiger charge is 2.26. The molecule has 0 spiro atoms. The van der Waals surface area contributed by atoms with Gasteiger partial charge in [0.05, 0.1) is 40.0 Å². The van der Waals surface area contributed by atoms with E-state index in [-0.39, 0.29) is 35.5 Å². The van der Waals surface area contributed by atoms with Crippen molar-refractivity contribution in [3.63, 3.8) is 0 Å². The van der Waals surface area contributed by atoms with Crippen LogP contribution in [0.2, 0.25) is 0 Å². The molecule has 0 aromatic heterocycles. The van der Waals surface area contributed by atoms with Crippen molar-refractivity contribution >= 4 is 34.4 Å². The van der Waals surface area contributed by atoms with E-state index in [1.807, 2.05) is 0 Å². The molecule has 3 fully saturated rings. The SMILES string of the molecule is CCOC(C)=O.NC1CC1.Nc1cc(F)c(F)cc1NC1CC1.O=[N+]([O-])c1cc(F)c(F)cc1F.O=[N+]([O-])c1cc(F)c(F)cc1NC1CC1. The number of nitrogens with zero attached hydrogens (tertiary/aromatic N) is 2. The molecule has 6 rings (SSSR count). The number of hydrogen-bond donors (Lipinski definition) is 4. The van der Waals surface area contributed by atoms with Crippen molar-refractivity contribution in [1.82, 2.24) is 0 Å². The molecule has 3 aliphatic rings. The van der Waals surface area contributed by atoms with Crippen LogP contribution in [0.1, 0.15) is 52.4 Å². The van der Waals surface area contributed by atoms with E-state index in [9.17, 15) is 55.8 Å². The average Bonchev–Trinajstić information content (AvgIpc) is 3.87. The summed E-state index contributed by atoms with van der Waals surface area (Å²) in [6, 6.07) is 4.97. The lowest BCUT2D eigenvalue weighted by atomic mass is 10.2. The third-order valence-corrected chi connectivity index (χ3v) is 6.36. The second-order valence-corrected chi connectivity index (χ2v) is 11.0. The van der Waals surface area contributed by atoms with Crippen molar-refractivity contribution in [1.29, 1.82) is 0 Å². The molecule has 274 valence electrons. The Morgan fingerprint density at radius 3 is 1.46 bits per heavy atom. The number of halogens is 7. The summed E-state index contributed by atoms with van der Waals surface area (Å²) in [5.74, 6) is -8.54. The number of anilines is 3. The second kappa shape index (κ2) is 19.1. The summed E-state index contributed by atoms with van der Waals surface area (Å²) >= 11 is 0. The molecular formula is C31H35F7N6O6. The first-order valence-corrected chi connectivity index (χ1v) is 15.0. The molecule has 0 heterocycles. The number of nitrogen functional groups attached to an aromatic ring is 1. The van der Waals surface area contributed by atoms with Gasteiger partial charge in [0.15, 0.2) is 34.9 Å². The fraction of sp³-hybridized carbons (Fsp3) is 0.387.